The van der Waals surface area contributed by atoms with Gasteiger partial charge < -0.3 is 20.7 Å². The number of hydrogen-bond acceptors (Lipinski definition) is 6. The summed E-state index contributed by atoms with van der Waals surface area (Å²) in [6.45, 7) is 9.21. The van der Waals surface area contributed by atoms with Gasteiger partial charge in [0.25, 0.3) is 0 Å². The molecule has 6 heteroatoms. The first kappa shape index (κ1) is 22.7. The molecule has 0 aliphatic carbocycles. The zero-order valence-electron chi connectivity index (χ0n) is 20.3. The van der Waals surface area contributed by atoms with Crippen molar-refractivity contribution in [2.45, 2.75) is 33.1 Å². The highest BCUT2D eigenvalue weighted by Crippen LogP contribution is 2.38. The molecule has 178 valence electrons. The smallest absolute Gasteiger partial charge is 0.142 e. The number of aromatic nitrogens is 2. The summed E-state index contributed by atoms with van der Waals surface area (Å²) in [5.74, 6) is 3.61. The number of rotatable bonds is 6. The lowest BCUT2D eigenvalue weighted by Crippen LogP contribution is -2.37. The third kappa shape index (κ3) is 4.87. The summed E-state index contributed by atoms with van der Waals surface area (Å²) in [5.41, 5.74) is 9.72. The molecule has 0 saturated carbocycles. The van der Waals surface area contributed by atoms with Crippen LogP contribution in [0.15, 0.2) is 48.8 Å². The zero-order valence-corrected chi connectivity index (χ0v) is 20.3. The molecule has 3 heterocycles. The number of piperidine rings is 1. The van der Waals surface area contributed by atoms with Gasteiger partial charge in [0.05, 0.1) is 12.2 Å². The van der Waals surface area contributed by atoms with E-state index in [1.54, 1.807) is 6.33 Å². The molecule has 0 atom stereocenters. The number of hydrogen-bond donors (Lipinski definition) is 2. The molecular formula is C28H35N5O. The van der Waals surface area contributed by atoms with E-state index in [1.165, 1.54) is 23.6 Å². The quantitative estimate of drug-likeness (QED) is 0.549. The average Bonchev–Trinajstić information content (AvgIpc) is 3.03. The van der Waals surface area contributed by atoms with Gasteiger partial charge in [-0.05, 0) is 84.3 Å². The number of nitrogen functional groups attached to an aromatic ring is 1. The molecule has 1 fully saturated rings. The Morgan fingerprint density at radius 1 is 1.09 bits per heavy atom. The summed E-state index contributed by atoms with van der Waals surface area (Å²) in [4.78, 5) is 11.5. The van der Waals surface area contributed by atoms with Crippen molar-refractivity contribution >= 4 is 28.0 Å². The molecule has 3 N–H and O–H groups in total. The molecule has 1 saturated heterocycles. The monoisotopic (exact) mass is 457 g/mol. The molecule has 2 aliphatic heterocycles. The van der Waals surface area contributed by atoms with Gasteiger partial charge in [0.1, 0.15) is 23.7 Å². The Morgan fingerprint density at radius 2 is 1.88 bits per heavy atom. The minimum absolute atomic E-state index is 0.502. The number of benzene rings is 2. The van der Waals surface area contributed by atoms with Crippen LogP contribution < -0.4 is 20.7 Å². The molecule has 3 aromatic rings. The van der Waals surface area contributed by atoms with E-state index in [2.05, 4.69) is 71.5 Å². The van der Waals surface area contributed by atoms with Crippen LogP contribution in [0.25, 0.3) is 16.3 Å². The molecule has 0 amide bonds. The van der Waals surface area contributed by atoms with Gasteiger partial charge in [0.2, 0.25) is 0 Å². The van der Waals surface area contributed by atoms with Crippen LogP contribution in [0.2, 0.25) is 0 Å². The lowest BCUT2D eigenvalue weighted by atomic mass is 9.95. The number of anilines is 2. The Bertz CT molecular complexity index is 1180. The maximum absolute atomic E-state index is 6.48. The Hall–Kier alpha value is -3.12. The SMILES string of the molecule is CC(C)COc1ccc2cc(C3=CCCN(CC4CCNCC4)c4ncnc(N)c43)ccc2c1. The summed E-state index contributed by atoms with van der Waals surface area (Å²) in [5, 5.41) is 5.82. The van der Waals surface area contributed by atoms with Crippen LogP contribution in [0.4, 0.5) is 11.6 Å². The van der Waals surface area contributed by atoms with Crippen LogP contribution in [0.3, 0.4) is 0 Å². The topological polar surface area (TPSA) is 76.3 Å². The van der Waals surface area contributed by atoms with Gasteiger partial charge in [-0.1, -0.05) is 38.1 Å². The number of nitrogens with zero attached hydrogens (tertiary/aromatic N) is 3. The molecule has 2 aliphatic rings. The van der Waals surface area contributed by atoms with Crippen molar-refractivity contribution in [3.63, 3.8) is 0 Å². The van der Waals surface area contributed by atoms with Gasteiger partial charge in [0.15, 0.2) is 0 Å². The van der Waals surface area contributed by atoms with Crippen LogP contribution in [-0.2, 0) is 0 Å². The number of nitrogens with one attached hydrogen (secondary N) is 1. The van der Waals surface area contributed by atoms with Gasteiger partial charge in [-0.3, -0.25) is 0 Å². The molecule has 5 rings (SSSR count). The minimum Gasteiger partial charge on any atom is -0.493 e. The summed E-state index contributed by atoms with van der Waals surface area (Å²) in [6, 6.07) is 12.9. The van der Waals surface area contributed by atoms with Crippen LogP contribution in [0.1, 0.15) is 44.2 Å². The van der Waals surface area contributed by atoms with Gasteiger partial charge in [-0.25, -0.2) is 9.97 Å². The number of fused-ring (bicyclic) bond motifs is 2. The number of ether oxygens (including phenoxy) is 1. The second-order valence-electron chi connectivity index (χ2n) is 9.93. The predicted molar refractivity (Wildman–Crippen MR) is 140 cm³/mol. The Morgan fingerprint density at radius 3 is 2.71 bits per heavy atom. The van der Waals surface area contributed by atoms with Crippen molar-refractivity contribution in [1.82, 2.24) is 15.3 Å². The van der Waals surface area contributed by atoms with Crippen molar-refractivity contribution in [2.24, 2.45) is 11.8 Å². The van der Waals surface area contributed by atoms with Crippen molar-refractivity contribution < 1.29 is 4.74 Å². The summed E-state index contributed by atoms with van der Waals surface area (Å²) in [7, 11) is 0. The largest absolute Gasteiger partial charge is 0.493 e. The van der Waals surface area contributed by atoms with Gasteiger partial charge in [0, 0.05) is 13.1 Å². The van der Waals surface area contributed by atoms with Crippen LogP contribution in [0, 0.1) is 11.8 Å². The van der Waals surface area contributed by atoms with E-state index in [4.69, 9.17) is 15.5 Å². The lowest BCUT2D eigenvalue weighted by Gasteiger charge is -2.31. The van der Waals surface area contributed by atoms with E-state index in [1.807, 2.05) is 0 Å². The third-order valence-corrected chi connectivity index (χ3v) is 6.82. The van der Waals surface area contributed by atoms with Gasteiger partial charge in [-0.2, -0.15) is 0 Å². The maximum atomic E-state index is 6.48. The second-order valence-corrected chi connectivity index (χ2v) is 9.93. The van der Waals surface area contributed by atoms with Crippen molar-refractivity contribution in [3.8, 4) is 5.75 Å². The van der Waals surface area contributed by atoms with Crippen LogP contribution in [0.5, 0.6) is 5.75 Å². The predicted octanol–water partition coefficient (Wildman–Crippen LogP) is 4.89. The fourth-order valence-corrected chi connectivity index (χ4v) is 5.02. The highest BCUT2D eigenvalue weighted by atomic mass is 16.5. The van der Waals surface area contributed by atoms with E-state index in [0.717, 1.165) is 67.5 Å². The number of nitrogens with two attached hydrogens (primary N) is 1. The molecule has 0 radical (unpaired) electrons. The minimum atomic E-state index is 0.502. The van der Waals surface area contributed by atoms with E-state index in [0.29, 0.717) is 17.7 Å². The Labute approximate surface area is 202 Å². The molecule has 0 unspecified atom stereocenters. The molecule has 2 aromatic carbocycles. The van der Waals surface area contributed by atoms with E-state index in [9.17, 15) is 0 Å². The van der Waals surface area contributed by atoms with E-state index < -0.39 is 0 Å². The molecule has 0 spiro atoms. The lowest BCUT2D eigenvalue weighted by molar-refractivity contribution is 0.271. The molecular weight excluding hydrogens is 422 g/mol. The average molecular weight is 458 g/mol. The molecule has 6 nitrogen and oxygen atoms in total. The first-order chi connectivity index (χ1) is 16.6. The standard InChI is InChI=1S/C28H35N5O/c1-19(2)17-34-24-8-7-21-14-23(6-5-22(21)15-24)25-4-3-13-33(16-20-9-11-30-12-10-20)28-26(25)27(29)31-18-32-28/h4-8,14-15,18-20,30H,3,9-13,16-17H2,1-2H3,(H2,29,31,32). The summed E-state index contributed by atoms with van der Waals surface area (Å²) < 4.78 is 5.92. The fourth-order valence-electron chi connectivity index (χ4n) is 5.02. The van der Waals surface area contributed by atoms with Crippen molar-refractivity contribution in [1.29, 1.82) is 0 Å². The van der Waals surface area contributed by atoms with Gasteiger partial charge in [-0.15, -0.1) is 0 Å². The Balaban J connectivity index is 1.46. The fraction of sp³-hybridized carbons (Fsp3) is 0.429. The Kier molecular flexibility index (Phi) is 6.68. The summed E-state index contributed by atoms with van der Waals surface area (Å²) in [6.07, 6.45) is 7.28. The maximum Gasteiger partial charge on any atom is 0.142 e. The first-order valence-electron chi connectivity index (χ1n) is 12.5. The van der Waals surface area contributed by atoms with Crippen LogP contribution >= 0.6 is 0 Å². The first-order valence-corrected chi connectivity index (χ1v) is 12.5. The molecule has 1 aromatic heterocycles. The molecule has 34 heavy (non-hydrogen) atoms. The van der Waals surface area contributed by atoms with Crippen molar-refractivity contribution in [2.75, 3.05) is 43.4 Å². The third-order valence-electron chi connectivity index (χ3n) is 6.82. The van der Waals surface area contributed by atoms with E-state index in [-0.39, 0.29) is 0 Å². The zero-order chi connectivity index (χ0) is 23.5. The highest BCUT2D eigenvalue weighted by Gasteiger charge is 2.25. The van der Waals surface area contributed by atoms with Crippen molar-refractivity contribution in [3.05, 3.63) is 59.9 Å². The summed E-state index contributed by atoms with van der Waals surface area (Å²) >= 11 is 0. The van der Waals surface area contributed by atoms with Gasteiger partial charge >= 0.3 is 0 Å². The van der Waals surface area contributed by atoms with E-state index >= 15 is 0 Å². The normalized spacial score (nSPS) is 16.9. The second kappa shape index (κ2) is 10.0. The highest BCUT2D eigenvalue weighted by molar-refractivity contribution is 5.94. The van der Waals surface area contributed by atoms with Crippen LogP contribution in [-0.4, -0.2) is 42.8 Å². The molecule has 0 bridgehead atoms.